The van der Waals surface area contributed by atoms with Crippen LogP contribution in [0.4, 0.5) is 4.39 Å². The normalized spacial score (nSPS) is 15.0. The van der Waals surface area contributed by atoms with Crippen molar-refractivity contribution in [2.24, 2.45) is 0 Å². The zero-order valence-corrected chi connectivity index (χ0v) is 17.2. The molecule has 1 atom stereocenters. The van der Waals surface area contributed by atoms with E-state index in [-0.39, 0.29) is 25.6 Å². The van der Waals surface area contributed by atoms with E-state index in [1.807, 2.05) is 54.6 Å². The lowest BCUT2D eigenvalue weighted by atomic mass is 10.1. The quantitative estimate of drug-likeness (QED) is 0.495. The van der Waals surface area contributed by atoms with E-state index in [0.29, 0.717) is 23.3 Å². The minimum absolute atomic E-state index is 0.0664. The third-order valence-electron chi connectivity index (χ3n) is 5.06. The van der Waals surface area contributed by atoms with Gasteiger partial charge in [-0.15, -0.1) is 0 Å². The van der Waals surface area contributed by atoms with Crippen LogP contribution in [0.3, 0.4) is 0 Å². The first-order valence-corrected chi connectivity index (χ1v) is 10.1. The van der Waals surface area contributed by atoms with Crippen LogP contribution in [0.2, 0.25) is 0 Å². The van der Waals surface area contributed by atoms with E-state index < -0.39 is 12.1 Å². The second-order valence-corrected chi connectivity index (χ2v) is 7.23. The Morgan fingerprint density at radius 3 is 2.61 bits per heavy atom. The predicted octanol–water partition coefficient (Wildman–Crippen LogP) is 5.12. The van der Waals surface area contributed by atoms with Crippen molar-refractivity contribution in [2.75, 3.05) is 7.11 Å². The molecule has 3 aromatic carbocycles. The van der Waals surface area contributed by atoms with Gasteiger partial charge in [0.1, 0.15) is 23.9 Å². The molecule has 0 N–H and O–H groups in total. The van der Waals surface area contributed by atoms with Gasteiger partial charge in [0, 0.05) is 23.1 Å². The Kier molecular flexibility index (Phi) is 6.48. The fourth-order valence-electron chi connectivity index (χ4n) is 3.43. The van der Waals surface area contributed by atoms with Crippen molar-refractivity contribution in [1.29, 1.82) is 0 Å². The van der Waals surface area contributed by atoms with E-state index in [4.69, 9.17) is 18.9 Å². The van der Waals surface area contributed by atoms with E-state index >= 15 is 0 Å². The highest BCUT2D eigenvalue weighted by Crippen LogP contribution is 2.36. The van der Waals surface area contributed by atoms with Gasteiger partial charge in [-0.05, 0) is 36.2 Å². The lowest BCUT2D eigenvalue weighted by Gasteiger charge is -2.28. The summed E-state index contributed by atoms with van der Waals surface area (Å²) in [5.74, 6) is 0.485. The molecule has 1 aliphatic rings. The Balaban J connectivity index is 1.39. The number of fused-ring (bicyclic) bond motifs is 1. The monoisotopic (exact) mass is 422 g/mol. The molecule has 0 saturated heterocycles. The van der Waals surface area contributed by atoms with Gasteiger partial charge in [0.2, 0.25) is 6.29 Å². The predicted molar refractivity (Wildman–Crippen MR) is 112 cm³/mol. The molecule has 4 rings (SSSR count). The van der Waals surface area contributed by atoms with Gasteiger partial charge in [0.15, 0.2) is 0 Å². The highest BCUT2D eigenvalue weighted by Gasteiger charge is 2.25. The summed E-state index contributed by atoms with van der Waals surface area (Å²) in [4.78, 5) is 12.2. The average molecular weight is 422 g/mol. The SMILES string of the molecule is COc1ccc(CCC(=O)OCc2cc(F)cc3c2O[C@@H](c2ccccc2)OC3)cc1. The molecule has 0 amide bonds. The Bertz CT molecular complexity index is 1030. The maximum absolute atomic E-state index is 14.1. The number of methoxy groups -OCH3 is 1. The van der Waals surface area contributed by atoms with Crippen molar-refractivity contribution in [2.45, 2.75) is 32.3 Å². The van der Waals surface area contributed by atoms with Gasteiger partial charge >= 0.3 is 5.97 Å². The van der Waals surface area contributed by atoms with Crippen molar-refractivity contribution in [3.05, 3.63) is 94.8 Å². The molecule has 1 heterocycles. The van der Waals surface area contributed by atoms with E-state index in [9.17, 15) is 9.18 Å². The van der Waals surface area contributed by atoms with Gasteiger partial charge in [-0.1, -0.05) is 42.5 Å². The zero-order valence-electron chi connectivity index (χ0n) is 17.2. The lowest BCUT2D eigenvalue weighted by molar-refractivity contribution is -0.145. The van der Waals surface area contributed by atoms with Crippen LogP contribution in [0.1, 0.15) is 35.0 Å². The van der Waals surface area contributed by atoms with Crippen molar-refractivity contribution < 1.29 is 28.1 Å². The number of esters is 1. The molecule has 0 radical (unpaired) electrons. The summed E-state index contributed by atoms with van der Waals surface area (Å²) >= 11 is 0. The van der Waals surface area contributed by atoms with Gasteiger partial charge in [-0.2, -0.15) is 0 Å². The molecule has 5 nitrogen and oxygen atoms in total. The number of aryl methyl sites for hydroxylation is 1. The Morgan fingerprint density at radius 1 is 1.10 bits per heavy atom. The summed E-state index contributed by atoms with van der Waals surface area (Å²) in [5.41, 5.74) is 2.94. The van der Waals surface area contributed by atoms with Crippen LogP contribution in [0.25, 0.3) is 0 Å². The van der Waals surface area contributed by atoms with Crippen molar-refractivity contribution in [3.8, 4) is 11.5 Å². The summed E-state index contributed by atoms with van der Waals surface area (Å²) in [6.07, 6.45) is 0.175. The largest absolute Gasteiger partial charge is 0.497 e. The molecular weight excluding hydrogens is 399 g/mol. The topological polar surface area (TPSA) is 54.0 Å². The third kappa shape index (κ3) is 5.22. The molecular formula is C25H23FO5. The zero-order chi connectivity index (χ0) is 21.6. The van der Waals surface area contributed by atoms with E-state index in [0.717, 1.165) is 16.9 Å². The van der Waals surface area contributed by atoms with Gasteiger partial charge < -0.3 is 18.9 Å². The van der Waals surface area contributed by atoms with Crippen molar-refractivity contribution in [3.63, 3.8) is 0 Å². The first-order valence-electron chi connectivity index (χ1n) is 10.1. The molecule has 0 unspecified atom stereocenters. The molecule has 6 heteroatoms. The van der Waals surface area contributed by atoms with Gasteiger partial charge in [0.25, 0.3) is 0 Å². The first kappa shape index (κ1) is 20.9. The minimum atomic E-state index is -0.594. The molecule has 0 fully saturated rings. The second kappa shape index (κ2) is 9.62. The highest BCUT2D eigenvalue weighted by molar-refractivity contribution is 5.69. The highest BCUT2D eigenvalue weighted by atomic mass is 19.1. The smallest absolute Gasteiger partial charge is 0.306 e. The maximum atomic E-state index is 14.1. The van der Waals surface area contributed by atoms with Crippen LogP contribution in [0.15, 0.2) is 66.7 Å². The number of benzene rings is 3. The van der Waals surface area contributed by atoms with Crippen LogP contribution >= 0.6 is 0 Å². The Morgan fingerprint density at radius 2 is 1.87 bits per heavy atom. The van der Waals surface area contributed by atoms with Crippen molar-refractivity contribution >= 4 is 5.97 Å². The summed E-state index contributed by atoms with van der Waals surface area (Å²) < 4.78 is 36.3. The Labute approximate surface area is 180 Å². The average Bonchev–Trinajstić information content (AvgIpc) is 2.81. The fourth-order valence-corrected chi connectivity index (χ4v) is 3.43. The molecule has 0 aliphatic carbocycles. The van der Waals surface area contributed by atoms with Crippen LogP contribution in [-0.2, 0) is 33.9 Å². The standard InChI is InChI=1S/C25H23FO5/c1-28-22-10-7-17(8-11-22)9-12-23(27)29-15-19-13-21(26)14-20-16-30-25(31-24(19)20)18-5-3-2-4-6-18/h2-8,10-11,13-14,25H,9,12,15-16H2,1H3/t25-/m0/s1. The number of ether oxygens (including phenoxy) is 4. The van der Waals surface area contributed by atoms with E-state index in [1.54, 1.807) is 7.11 Å². The maximum Gasteiger partial charge on any atom is 0.306 e. The summed E-state index contributed by atoms with van der Waals surface area (Å²) in [6.45, 7) is 0.147. The summed E-state index contributed by atoms with van der Waals surface area (Å²) in [5, 5.41) is 0. The molecule has 0 spiro atoms. The number of halogens is 1. The summed E-state index contributed by atoms with van der Waals surface area (Å²) in [6, 6.07) is 19.7. The van der Waals surface area contributed by atoms with Crippen LogP contribution < -0.4 is 9.47 Å². The molecule has 0 aromatic heterocycles. The minimum Gasteiger partial charge on any atom is -0.497 e. The van der Waals surface area contributed by atoms with Gasteiger partial charge in [-0.25, -0.2) is 4.39 Å². The molecule has 3 aromatic rings. The van der Waals surface area contributed by atoms with Gasteiger partial charge in [0.05, 0.1) is 13.7 Å². The Hall–Kier alpha value is -3.38. The van der Waals surface area contributed by atoms with Crippen LogP contribution in [0, 0.1) is 5.82 Å². The second-order valence-electron chi connectivity index (χ2n) is 7.23. The first-order chi connectivity index (χ1) is 15.1. The third-order valence-corrected chi connectivity index (χ3v) is 5.06. The van der Waals surface area contributed by atoms with Gasteiger partial charge in [-0.3, -0.25) is 4.79 Å². The number of carbonyl (C=O) groups excluding carboxylic acids is 1. The fraction of sp³-hybridized carbons (Fsp3) is 0.240. The molecule has 1 aliphatic heterocycles. The lowest BCUT2D eigenvalue weighted by Crippen LogP contribution is -2.20. The van der Waals surface area contributed by atoms with Crippen LogP contribution in [0.5, 0.6) is 11.5 Å². The number of hydrogen-bond acceptors (Lipinski definition) is 5. The van der Waals surface area contributed by atoms with E-state index in [2.05, 4.69) is 0 Å². The molecule has 0 bridgehead atoms. The van der Waals surface area contributed by atoms with Crippen molar-refractivity contribution in [1.82, 2.24) is 0 Å². The van der Waals surface area contributed by atoms with Crippen LogP contribution in [-0.4, -0.2) is 13.1 Å². The van der Waals surface area contributed by atoms with E-state index in [1.165, 1.54) is 12.1 Å². The summed E-state index contributed by atoms with van der Waals surface area (Å²) in [7, 11) is 1.61. The number of carbonyl (C=O) groups is 1. The number of hydrogen-bond donors (Lipinski definition) is 0. The molecule has 0 saturated carbocycles. The number of rotatable bonds is 7. The molecule has 160 valence electrons. The molecule has 31 heavy (non-hydrogen) atoms.